The summed E-state index contributed by atoms with van der Waals surface area (Å²) in [6, 6.07) is 11.2. The van der Waals surface area contributed by atoms with Gasteiger partial charge in [0.1, 0.15) is 0 Å². The molecule has 1 aromatic rings. The van der Waals surface area contributed by atoms with Crippen LogP contribution in [0.3, 0.4) is 0 Å². The zero-order chi connectivity index (χ0) is 11.2. The summed E-state index contributed by atoms with van der Waals surface area (Å²) in [5.41, 5.74) is 7.10. The monoisotopic (exact) mass is 220 g/mol. The molecule has 1 fully saturated rings. The summed E-state index contributed by atoms with van der Waals surface area (Å²) in [6.45, 7) is 2.37. The van der Waals surface area contributed by atoms with E-state index in [0.29, 0.717) is 12.6 Å². The quantitative estimate of drug-likeness (QED) is 0.807. The molecule has 1 heterocycles. The summed E-state index contributed by atoms with van der Waals surface area (Å²) in [7, 11) is 0. The van der Waals surface area contributed by atoms with E-state index in [1.807, 2.05) is 6.07 Å². The summed E-state index contributed by atoms with van der Waals surface area (Å²) in [6.07, 6.45) is 2.17. The van der Waals surface area contributed by atoms with E-state index in [9.17, 15) is 0 Å². The van der Waals surface area contributed by atoms with Gasteiger partial charge < -0.3 is 15.8 Å². The zero-order valence-electron chi connectivity index (χ0n) is 9.56. The molecule has 0 aromatic heterocycles. The number of rotatable bonds is 4. The van der Waals surface area contributed by atoms with Gasteiger partial charge in [0.15, 0.2) is 0 Å². The first kappa shape index (κ1) is 11.6. The van der Waals surface area contributed by atoms with Crippen LogP contribution in [-0.2, 0) is 4.74 Å². The molecule has 3 heteroatoms. The third kappa shape index (κ3) is 3.04. The highest BCUT2D eigenvalue weighted by Crippen LogP contribution is 2.15. The average molecular weight is 220 g/mol. The lowest BCUT2D eigenvalue weighted by Crippen LogP contribution is -2.40. The molecule has 0 radical (unpaired) electrons. The van der Waals surface area contributed by atoms with Crippen LogP contribution in [0.2, 0.25) is 0 Å². The minimum atomic E-state index is 0.268. The number of benzene rings is 1. The summed E-state index contributed by atoms with van der Waals surface area (Å²) in [4.78, 5) is 0. The maximum atomic E-state index is 5.83. The summed E-state index contributed by atoms with van der Waals surface area (Å²) < 4.78 is 5.35. The Bertz CT molecular complexity index is 296. The number of hydrogen-bond donors (Lipinski definition) is 2. The fraction of sp³-hybridized carbons (Fsp3) is 0.538. The molecule has 0 aliphatic carbocycles. The minimum absolute atomic E-state index is 0.268. The van der Waals surface area contributed by atoms with E-state index in [2.05, 4.69) is 29.6 Å². The Hall–Kier alpha value is -0.900. The van der Waals surface area contributed by atoms with Crippen molar-refractivity contribution < 1.29 is 4.74 Å². The third-order valence-corrected chi connectivity index (χ3v) is 3.10. The van der Waals surface area contributed by atoms with Gasteiger partial charge in [-0.1, -0.05) is 30.3 Å². The van der Waals surface area contributed by atoms with Gasteiger partial charge in [0.25, 0.3) is 0 Å². The smallest absolute Gasteiger partial charge is 0.0480 e. The van der Waals surface area contributed by atoms with Crippen LogP contribution in [0.4, 0.5) is 0 Å². The standard InChI is InChI=1S/C13H20N2O/c14-10-13(11-4-2-1-3-5-11)15-12-6-8-16-9-7-12/h1-5,12-13,15H,6-10,14H2. The van der Waals surface area contributed by atoms with Crippen LogP contribution in [0.25, 0.3) is 0 Å². The maximum Gasteiger partial charge on any atom is 0.0480 e. The molecule has 0 saturated carbocycles. The zero-order valence-corrected chi connectivity index (χ0v) is 9.56. The van der Waals surface area contributed by atoms with Crippen LogP contribution in [0.1, 0.15) is 24.4 Å². The van der Waals surface area contributed by atoms with Gasteiger partial charge in [0, 0.05) is 31.8 Å². The van der Waals surface area contributed by atoms with Crippen molar-refractivity contribution in [2.75, 3.05) is 19.8 Å². The SMILES string of the molecule is NCC(NC1CCOCC1)c1ccccc1. The molecule has 3 nitrogen and oxygen atoms in total. The first-order valence-corrected chi connectivity index (χ1v) is 5.99. The fourth-order valence-electron chi connectivity index (χ4n) is 2.13. The summed E-state index contributed by atoms with van der Waals surface area (Å²) in [5, 5.41) is 3.62. The average Bonchev–Trinajstić information content (AvgIpc) is 2.38. The Balaban J connectivity index is 1.94. The molecular weight excluding hydrogens is 200 g/mol. The minimum Gasteiger partial charge on any atom is -0.381 e. The molecule has 0 bridgehead atoms. The Morgan fingerprint density at radius 3 is 2.56 bits per heavy atom. The predicted octanol–water partition coefficient (Wildman–Crippen LogP) is 1.45. The van der Waals surface area contributed by atoms with E-state index >= 15 is 0 Å². The van der Waals surface area contributed by atoms with Gasteiger partial charge in [0.05, 0.1) is 0 Å². The van der Waals surface area contributed by atoms with Crippen LogP contribution < -0.4 is 11.1 Å². The second-order valence-corrected chi connectivity index (χ2v) is 4.25. The maximum absolute atomic E-state index is 5.83. The van der Waals surface area contributed by atoms with Crippen LogP contribution in [0.5, 0.6) is 0 Å². The molecule has 1 saturated heterocycles. The Labute approximate surface area is 97.0 Å². The molecular formula is C13H20N2O. The predicted molar refractivity (Wildman–Crippen MR) is 65.2 cm³/mol. The van der Waals surface area contributed by atoms with Gasteiger partial charge in [-0.05, 0) is 18.4 Å². The normalized spacial score (nSPS) is 19.6. The van der Waals surface area contributed by atoms with Crippen molar-refractivity contribution in [2.45, 2.75) is 24.9 Å². The van der Waals surface area contributed by atoms with E-state index in [0.717, 1.165) is 26.1 Å². The van der Waals surface area contributed by atoms with Crippen molar-refractivity contribution in [1.29, 1.82) is 0 Å². The molecule has 2 rings (SSSR count). The lowest BCUT2D eigenvalue weighted by molar-refractivity contribution is 0.0751. The molecule has 0 spiro atoms. The van der Waals surface area contributed by atoms with Crippen molar-refractivity contribution in [3.8, 4) is 0 Å². The Morgan fingerprint density at radius 1 is 1.25 bits per heavy atom. The molecule has 1 aliphatic heterocycles. The third-order valence-electron chi connectivity index (χ3n) is 3.10. The van der Waals surface area contributed by atoms with Gasteiger partial charge >= 0.3 is 0 Å². The van der Waals surface area contributed by atoms with E-state index in [1.165, 1.54) is 5.56 Å². The molecule has 1 aliphatic rings. The number of hydrogen-bond acceptors (Lipinski definition) is 3. The number of ether oxygens (including phenoxy) is 1. The van der Waals surface area contributed by atoms with Crippen molar-refractivity contribution in [1.82, 2.24) is 5.32 Å². The topological polar surface area (TPSA) is 47.3 Å². The molecule has 3 N–H and O–H groups in total. The molecule has 1 unspecified atom stereocenters. The lowest BCUT2D eigenvalue weighted by atomic mass is 10.0. The van der Waals surface area contributed by atoms with Crippen molar-refractivity contribution in [2.24, 2.45) is 5.73 Å². The second kappa shape index (κ2) is 5.99. The van der Waals surface area contributed by atoms with Gasteiger partial charge in [0.2, 0.25) is 0 Å². The van der Waals surface area contributed by atoms with Crippen molar-refractivity contribution in [3.05, 3.63) is 35.9 Å². The first-order chi connectivity index (χ1) is 7.90. The Morgan fingerprint density at radius 2 is 1.94 bits per heavy atom. The van der Waals surface area contributed by atoms with Crippen LogP contribution in [-0.4, -0.2) is 25.8 Å². The van der Waals surface area contributed by atoms with E-state index in [4.69, 9.17) is 10.5 Å². The largest absolute Gasteiger partial charge is 0.381 e. The molecule has 1 atom stereocenters. The van der Waals surface area contributed by atoms with E-state index < -0.39 is 0 Å². The summed E-state index contributed by atoms with van der Waals surface area (Å²) >= 11 is 0. The highest BCUT2D eigenvalue weighted by atomic mass is 16.5. The van der Waals surface area contributed by atoms with Crippen LogP contribution in [0.15, 0.2) is 30.3 Å². The lowest BCUT2D eigenvalue weighted by Gasteiger charge is -2.28. The van der Waals surface area contributed by atoms with E-state index in [-0.39, 0.29) is 6.04 Å². The molecule has 88 valence electrons. The molecule has 0 amide bonds. The van der Waals surface area contributed by atoms with Gasteiger partial charge in [-0.25, -0.2) is 0 Å². The van der Waals surface area contributed by atoms with Gasteiger partial charge in [-0.2, -0.15) is 0 Å². The van der Waals surface area contributed by atoms with Crippen LogP contribution in [0, 0.1) is 0 Å². The molecule has 16 heavy (non-hydrogen) atoms. The highest BCUT2D eigenvalue weighted by Gasteiger charge is 2.18. The second-order valence-electron chi connectivity index (χ2n) is 4.25. The molecule has 1 aromatic carbocycles. The summed E-state index contributed by atoms with van der Waals surface area (Å²) in [5.74, 6) is 0. The van der Waals surface area contributed by atoms with Gasteiger partial charge in [-0.15, -0.1) is 0 Å². The number of nitrogens with two attached hydrogens (primary N) is 1. The number of nitrogens with one attached hydrogen (secondary N) is 1. The highest BCUT2D eigenvalue weighted by molar-refractivity contribution is 5.19. The van der Waals surface area contributed by atoms with Crippen LogP contribution >= 0.6 is 0 Å². The van der Waals surface area contributed by atoms with Crippen molar-refractivity contribution in [3.63, 3.8) is 0 Å². The van der Waals surface area contributed by atoms with E-state index in [1.54, 1.807) is 0 Å². The Kier molecular flexibility index (Phi) is 4.34. The first-order valence-electron chi connectivity index (χ1n) is 5.99. The fourth-order valence-corrected chi connectivity index (χ4v) is 2.13. The van der Waals surface area contributed by atoms with Crippen molar-refractivity contribution >= 4 is 0 Å². The van der Waals surface area contributed by atoms with Gasteiger partial charge in [-0.3, -0.25) is 0 Å².